The summed E-state index contributed by atoms with van der Waals surface area (Å²) in [7, 11) is 4.56. The zero-order valence-corrected chi connectivity index (χ0v) is 17.0. The van der Waals surface area contributed by atoms with E-state index in [1.165, 1.54) is 32.7 Å². The van der Waals surface area contributed by atoms with E-state index in [1.807, 2.05) is 11.4 Å². The Labute approximate surface area is 168 Å². The number of rotatable bonds is 6. The Balaban J connectivity index is 1.81. The average molecular weight is 404 g/mol. The number of carbonyl (C=O) groups is 2. The van der Waals surface area contributed by atoms with Crippen molar-refractivity contribution < 1.29 is 23.8 Å². The number of methoxy groups -OCH3 is 3. The Morgan fingerprint density at radius 3 is 2.39 bits per heavy atom. The van der Waals surface area contributed by atoms with Gasteiger partial charge >= 0.3 is 0 Å². The molecule has 8 heteroatoms. The van der Waals surface area contributed by atoms with Gasteiger partial charge in [-0.1, -0.05) is 6.07 Å². The van der Waals surface area contributed by atoms with Crippen LogP contribution in [-0.4, -0.2) is 50.6 Å². The molecular weight excluding hydrogens is 380 g/mol. The number of thiophene rings is 1. The van der Waals surface area contributed by atoms with Crippen molar-refractivity contribution in [3.05, 3.63) is 34.5 Å². The number of carbonyl (C=O) groups excluding carboxylic acids is 2. The molecule has 0 aliphatic carbocycles. The number of amides is 2. The summed E-state index contributed by atoms with van der Waals surface area (Å²) in [6.07, 6.45) is 2.43. The zero-order chi connectivity index (χ0) is 20.1. The fourth-order valence-electron chi connectivity index (χ4n) is 3.37. The minimum atomic E-state index is -0.512. The van der Waals surface area contributed by atoms with Gasteiger partial charge in [0.05, 0.1) is 26.2 Å². The Morgan fingerprint density at radius 2 is 1.82 bits per heavy atom. The van der Waals surface area contributed by atoms with Crippen molar-refractivity contribution in [2.24, 2.45) is 0 Å². The van der Waals surface area contributed by atoms with Gasteiger partial charge in [-0.15, -0.1) is 11.3 Å². The smallest absolute Gasteiger partial charge is 0.264 e. The molecule has 0 saturated carbocycles. The van der Waals surface area contributed by atoms with Crippen molar-refractivity contribution in [2.45, 2.75) is 25.3 Å². The minimum absolute atomic E-state index is 0.0975. The number of hydrogen-bond donors (Lipinski definition) is 1. The highest BCUT2D eigenvalue weighted by Crippen LogP contribution is 2.40. The number of likely N-dealkylation sites (tertiary alicyclic amines) is 1. The average Bonchev–Trinajstić information content (AvgIpc) is 3.27. The van der Waals surface area contributed by atoms with E-state index in [-0.39, 0.29) is 11.8 Å². The summed E-state index contributed by atoms with van der Waals surface area (Å²) >= 11 is 1.39. The maximum atomic E-state index is 13.0. The van der Waals surface area contributed by atoms with Gasteiger partial charge in [-0.2, -0.15) is 0 Å². The molecular formula is C20H24N2O5S. The fraction of sp³-hybridized carbons (Fsp3) is 0.400. The van der Waals surface area contributed by atoms with E-state index in [9.17, 15) is 9.59 Å². The summed E-state index contributed by atoms with van der Waals surface area (Å²) in [6, 6.07) is 6.46. The molecule has 1 aliphatic rings. The molecule has 28 heavy (non-hydrogen) atoms. The third-order valence-electron chi connectivity index (χ3n) is 4.73. The number of benzene rings is 1. The second-order valence-corrected chi connectivity index (χ2v) is 7.34. The van der Waals surface area contributed by atoms with Crippen LogP contribution in [0.3, 0.4) is 0 Å². The van der Waals surface area contributed by atoms with Crippen LogP contribution in [-0.2, 0) is 4.79 Å². The summed E-state index contributed by atoms with van der Waals surface area (Å²) in [5.41, 5.74) is 0.522. The van der Waals surface area contributed by atoms with Crippen molar-refractivity contribution >= 4 is 28.8 Å². The van der Waals surface area contributed by atoms with E-state index in [2.05, 4.69) is 5.32 Å². The first-order valence-electron chi connectivity index (χ1n) is 9.04. The first kappa shape index (κ1) is 20.0. The lowest BCUT2D eigenvalue weighted by molar-refractivity contribution is -0.121. The first-order valence-corrected chi connectivity index (χ1v) is 9.92. The molecule has 7 nitrogen and oxygen atoms in total. The molecule has 1 aromatic heterocycles. The minimum Gasteiger partial charge on any atom is -0.493 e. The van der Waals surface area contributed by atoms with E-state index < -0.39 is 6.04 Å². The number of nitrogens with zero attached hydrogens (tertiary/aromatic N) is 1. The number of hydrogen-bond acceptors (Lipinski definition) is 6. The first-order chi connectivity index (χ1) is 13.6. The molecule has 0 unspecified atom stereocenters. The normalized spacial score (nSPS) is 16.4. The summed E-state index contributed by atoms with van der Waals surface area (Å²) < 4.78 is 16.0. The van der Waals surface area contributed by atoms with Gasteiger partial charge in [-0.25, -0.2) is 0 Å². The van der Waals surface area contributed by atoms with Crippen LogP contribution in [0.1, 0.15) is 28.9 Å². The molecule has 2 heterocycles. The van der Waals surface area contributed by atoms with Gasteiger partial charge in [0.2, 0.25) is 11.7 Å². The molecule has 2 amide bonds. The van der Waals surface area contributed by atoms with Crippen LogP contribution in [0.5, 0.6) is 17.2 Å². The van der Waals surface area contributed by atoms with Crippen LogP contribution in [0.2, 0.25) is 0 Å². The predicted molar refractivity (Wildman–Crippen MR) is 108 cm³/mol. The largest absolute Gasteiger partial charge is 0.493 e. The van der Waals surface area contributed by atoms with Gasteiger partial charge in [0.15, 0.2) is 11.5 Å². The molecule has 1 N–H and O–H groups in total. The van der Waals surface area contributed by atoms with E-state index in [1.54, 1.807) is 23.1 Å². The van der Waals surface area contributed by atoms with Gasteiger partial charge in [0.25, 0.3) is 5.91 Å². The third kappa shape index (κ3) is 4.06. The number of ether oxygens (including phenoxy) is 3. The van der Waals surface area contributed by atoms with Gasteiger partial charge in [0, 0.05) is 24.4 Å². The summed E-state index contributed by atoms with van der Waals surface area (Å²) in [6.45, 7) is 0.573. The van der Waals surface area contributed by atoms with Gasteiger partial charge in [0.1, 0.15) is 6.04 Å². The monoisotopic (exact) mass is 404 g/mol. The van der Waals surface area contributed by atoms with Crippen LogP contribution in [0, 0.1) is 0 Å². The van der Waals surface area contributed by atoms with Crippen LogP contribution in [0.15, 0.2) is 29.6 Å². The van der Waals surface area contributed by atoms with Crippen molar-refractivity contribution in [2.75, 3.05) is 33.2 Å². The molecule has 0 spiro atoms. The second-order valence-electron chi connectivity index (χ2n) is 6.39. The zero-order valence-electron chi connectivity index (χ0n) is 16.2. The quantitative estimate of drug-likeness (QED) is 0.798. The molecule has 1 saturated heterocycles. The van der Waals surface area contributed by atoms with Crippen LogP contribution < -0.4 is 19.5 Å². The van der Waals surface area contributed by atoms with E-state index >= 15 is 0 Å². The maximum absolute atomic E-state index is 13.0. The van der Waals surface area contributed by atoms with E-state index in [0.717, 1.165) is 12.8 Å². The van der Waals surface area contributed by atoms with Gasteiger partial charge in [-0.05, 0) is 30.7 Å². The highest BCUT2D eigenvalue weighted by atomic mass is 32.1. The number of anilines is 1. The lowest BCUT2D eigenvalue weighted by Crippen LogP contribution is -2.49. The highest BCUT2D eigenvalue weighted by Gasteiger charge is 2.33. The molecule has 0 bridgehead atoms. The lowest BCUT2D eigenvalue weighted by Gasteiger charge is -2.34. The molecule has 150 valence electrons. The molecule has 2 aromatic rings. The molecule has 0 radical (unpaired) electrons. The van der Waals surface area contributed by atoms with E-state index in [4.69, 9.17) is 14.2 Å². The Bertz CT molecular complexity index is 812. The molecule has 1 aromatic carbocycles. The van der Waals surface area contributed by atoms with Gasteiger partial charge in [-0.3, -0.25) is 9.59 Å². The topological polar surface area (TPSA) is 77.1 Å². The summed E-state index contributed by atoms with van der Waals surface area (Å²) in [5, 5.41) is 4.76. The van der Waals surface area contributed by atoms with Crippen LogP contribution >= 0.6 is 11.3 Å². The molecule has 1 atom stereocenters. The SMILES string of the molecule is COc1cc(NC(=O)[C@H]2CCCCN2C(=O)c2cccs2)cc(OC)c1OC. The Hall–Kier alpha value is -2.74. The van der Waals surface area contributed by atoms with Crippen LogP contribution in [0.25, 0.3) is 0 Å². The molecule has 3 rings (SSSR count). The Kier molecular flexibility index (Phi) is 6.41. The fourth-order valence-corrected chi connectivity index (χ4v) is 4.05. The number of piperidine rings is 1. The third-order valence-corrected chi connectivity index (χ3v) is 5.59. The van der Waals surface area contributed by atoms with Crippen molar-refractivity contribution in [3.8, 4) is 17.2 Å². The van der Waals surface area contributed by atoms with Crippen LogP contribution in [0.4, 0.5) is 5.69 Å². The second kappa shape index (κ2) is 8.97. The summed E-state index contributed by atoms with van der Waals surface area (Å²) in [5.74, 6) is 1.04. The standard InChI is InChI=1S/C20H24N2O5S/c1-25-15-11-13(12-16(26-2)18(15)27-3)21-19(23)14-7-4-5-9-22(14)20(24)17-8-6-10-28-17/h6,8,10-12,14H,4-5,7,9H2,1-3H3,(H,21,23)/t14-/m1/s1. The van der Waals surface area contributed by atoms with E-state index in [0.29, 0.717) is 40.8 Å². The highest BCUT2D eigenvalue weighted by molar-refractivity contribution is 7.12. The van der Waals surface area contributed by atoms with Gasteiger partial charge < -0.3 is 24.4 Å². The Morgan fingerprint density at radius 1 is 1.11 bits per heavy atom. The maximum Gasteiger partial charge on any atom is 0.264 e. The van der Waals surface area contributed by atoms with Crippen molar-refractivity contribution in [1.82, 2.24) is 4.90 Å². The molecule has 1 fully saturated rings. The van der Waals surface area contributed by atoms with Crippen molar-refractivity contribution in [3.63, 3.8) is 0 Å². The number of nitrogens with one attached hydrogen (secondary N) is 1. The summed E-state index contributed by atoms with van der Waals surface area (Å²) in [4.78, 5) is 28.1. The predicted octanol–water partition coefficient (Wildman–Crippen LogP) is 3.41. The van der Waals surface area contributed by atoms with Crippen molar-refractivity contribution in [1.29, 1.82) is 0 Å². The molecule has 1 aliphatic heterocycles. The lowest BCUT2D eigenvalue weighted by atomic mass is 10.0.